The molecule has 7 heteroatoms. The Morgan fingerprint density at radius 3 is 2.74 bits per heavy atom. The third kappa shape index (κ3) is 4.19. The molecule has 3 atom stereocenters. The fraction of sp³-hybridized carbons (Fsp3) is 0.450. The minimum atomic E-state index is -0.231. The second kappa shape index (κ2) is 7.92. The normalized spacial score (nSPS) is 24.2. The van der Waals surface area contributed by atoms with Crippen molar-refractivity contribution in [3.63, 3.8) is 0 Å². The smallest absolute Gasteiger partial charge is 0.243 e. The van der Waals surface area contributed by atoms with E-state index in [2.05, 4.69) is 21.0 Å². The first-order valence-corrected chi connectivity index (χ1v) is 9.63. The molecule has 2 aromatic rings. The Bertz CT molecular complexity index is 773. The number of carbonyl (C=O) groups excluding carboxylic acids is 2. The van der Waals surface area contributed by atoms with E-state index >= 15 is 0 Å². The molecule has 4 rings (SSSR count). The molecule has 7 nitrogen and oxygen atoms in total. The van der Waals surface area contributed by atoms with Crippen LogP contribution in [0.2, 0.25) is 0 Å². The lowest BCUT2D eigenvalue weighted by molar-refractivity contribution is -0.125. The van der Waals surface area contributed by atoms with Crippen LogP contribution in [-0.2, 0) is 9.59 Å². The summed E-state index contributed by atoms with van der Waals surface area (Å²) in [5, 5.41) is 13.2. The zero-order valence-electron chi connectivity index (χ0n) is 15.2. The predicted molar refractivity (Wildman–Crippen MR) is 102 cm³/mol. The third-order valence-electron chi connectivity index (χ3n) is 5.52. The fourth-order valence-corrected chi connectivity index (χ4v) is 4.14. The maximum absolute atomic E-state index is 12.4. The van der Waals surface area contributed by atoms with E-state index in [-0.39, 0.29) is 24.4 Å². The first kappa shape index (κ1) is 17.7. The molecule has 0 bridgehead atoms. The van der Waals surface area contributed by atoms with E-state index < -0.39 is 0 Å². The number of amides is 2. The number of nitrogens with zero attached hydrogens (tertiary/aromatic N) is 2. The van der Waals surface area contributed by atoms with Gasteiger partial charge in [-0.2, -0.15) is 5.10 Å². The van der Waals surface area contributed by atoms with Crippen molar-refractivity contribution in [1.29, 1.82) is 0 Å². The number of fused-ring (bicyclic) bond motifs is 1. The number of rotatable bonds is 5. The minimum absolute atomic E-state index is 0.0206. The molecule has 2 amide bonds. The van der Waals surface area contributed by atoms with Crippen molar-refractivity contribution in [2.75, 3.05) is 11.9 Å². The summed E-state index contributed by atoms with van der Waals surface area (Å²) in [5.74, 6) is 0.302. The molecular formula is C20H25N5O2. The van der Waals surface area contributed by atoms with Gasteiger partial charge in [0.2, 0.25) is 11.8 Å². The summed E-state index contributed by atoms with van der Waals surface area (Å²) in [5.41, 5.74) is 1.61. The molecule has 0 radical (unpaired) electrons. The zero-order valence-corrected chi connectivity index (χ0v) is 15.2. The molecule has 1 saturated carbocycles. The molecule has 0 spiro atoms. The molecule has 2 heterocycles. The summed E-state index contributed by atoms with van der Waals surface area (Å²) in [6, 6.07) is 9.55. The lowest BCUT2D eigenvalue weighted by Gasteiger charge is -2.24. The summed E-state index contributed by atoms with van der Waals surface area (Å²) in [6.07, 6.45) is 9.32. The van der Waals surface area contributed by atoms with E-state index in [0.717, 1.165) is 18.5 Å². The fourth-order valence-electron chi connectivity index (χ4n) is 4.14. The molecule has 2 aliphatic rings. The monoisotopic (exact) mass is 367 g/mol. The first-order valence-electron chi connectivity index (χ1n) is 9.63. The van der Waals surface area contributed by atoms with Crippen molar-refractivity contribution in [3.05, 3.63) is 42.7 Å². The van der Waals surface area contributed by atoms with Gasteiger partial charge in [0.1, 0.15) is 0 Å². The van der Waals surface area contributed by atoms with Crippen LogP contribution in [0.3, 0.4) is 0 Å². The molecule has 1 aromatic carbocycles. The van der Waals surface area contributed by atoms with Gasteiger partial charge in [0.25, 0.3) is 0 Å². The Kier molecular flexibility index (Phi) is 5.20. The van der Waals surface area contributed by atoms with Crippen LogP contribution in [0.1, 0.15) is 32.1 Å². The molecule has 1 aromatic heterocycles. The SMILES string of the molecule is O=C(CNC(=O)C1CC2CCCCC2N1)Nc1ccc(-n2cccn2)cc1. The second-order valence-electron chi connectivity index (χ2n) is 7.37. The van der Waals surface area contributed by atoms with Gasteiger partial charge < -0.3 is 16.0 Å². The molecule has 1 aliphatic carbocycles. The van der Waals surface area contributed by atoms with Gasteiger partial charge in [-0.05, 0) is 55.5 Å². The highest BCUT2D eigenvalue weighted by Gasteiger charge is 2.38. The number of hydrogen-bond acceptors (Lipinski definition) is 4. The van der Waals surface area contributed by atoms with Crippen LogP contribution in [0.4, 0.5) is 5.69 Å². The van der Waals surface area contributed by atoms with E-state index in [1.165, 1.54) is 19.3 Å². The lowest BCUT2D eigenvalue weighted by Crippen LogP contribution is -2.45. The molecule has 27 heavy (non-hydrogen) atoms. The van der Waals surface area contributed by atoms with Crippen LogP contribution in [0.5, 0.6) is 0 Å². The molecule has 142 valence electrons. The van der Waals surface area contributed by atoms with Gasteiger partial charge >= 0.3 is 0 Å². The summed E-state index contributed by atoms with van der Waals surface area (Å²) < 4.78 is 1.75. The van der Waals surface area contributed by atoms with Gasteiger partial charge in [-0.25, -0.2) is 4.68 Å². The summed E-state index contributed by atoms with van der Waals surface area (Å²) in [6.45, 7) is -0.0206. The highest BCUT2D eigenvalue weighted by molar-refractivity contribution is 5.95. The molecular weight excluding hydrogens is 342 g/mol. The highest BCUT2D eigenvalue weighted by atomic mass is 16.2. The van der Waals surface area contributed by atoms with Gasteiger partial charge in [0.05, 0.1) is 18.3 Å². The van der Waals surface area contributed by atoms with E-state index in [0.29, 0.717) is 17.6 Å². The molecule has 2 fully saturated rings. The van der Waals surface area contributed by atoms with Crippen LogP contribution < -0.4 is 16.0 Å². The maximum Gasteiger partial charge on any atom is 0.243 e. The number of anilines is 1. The minimum Gasteiger partial charge on any atom is -0.346 e. The second-order valence-corrected chi connectivity index (χ2v) is 7.37. The number of nitrogens with one attached hydrogen (secondary N) is 3. The van der Waals surface area contributed by atoms with E-state index in [9.17, 15) is 9.59 Å². The topological polar surface area (TPSA) is 88.0 Å². The molecule has 1 saturated heterocycles. The first-order chi connectivity index (χ1) is 13.2. The molecule has 3 unspecified atom stereocenters. The Morgan fingerprint density at radius 1 is 1.19 bits per heavy atom. The Labute approximate surface area is 158 Å². The van der Waals surface area contributed by atoms with Crippen LogP contribution >= 0.6 is 0 Å². The average Bonchev–Trinajstić information content (AvgIpc) is 3.36. The van der Waals surface area contributed by atoms with E-state index in [1.807, 2.05) is 36.5 Å². The van der Waals surface area contributed by atoms with Crippen LogP contribution in [0, 0.1) is 5.92 Å². The summed E-state index contributed by atoms with van der Waals surface area (Å²) >= 11 is 0. The van der Waals surface area contributed by atoms with E-state index in [1.54, 1.807) is 10.9 Å². The van der Waals surface area contributed by atoms with Gasteiger partial charge in [0.15, 0.2) is 0 Å². The van der Waals surface area contributed by atoms with Crippen molar-refractivity contribution in [2.24, 2.45) is 5.92 Å². The van der Waals surface area contributed by atoms with Gasteiger partial charge in [-0.1, -0.05) is 12.8 Å². The third-order valence-corrected chi connectivity index (χ3v) is 5.52. The Hall–Kier alpha value is -2.67. The average molecular weight is 367 g/mol. The number of carbonyl (C=O) groups is 2. The van der Waals surface area contributed by atoms with Crippen molar-refractivity contribution >= 4 is 17.5 Å². The number of hydrogen-bond donors (Lipinski definition) is 3. The Balaban J connectivity index is 1.24. The molecule has 1 aliphatic heterocycles. The zero-order chi connectivity index (χ0) is 18.6. The predicted octanol–water partition coefficient (Wildman–Crippen LogP) is 1.85. The van der Waals surface area contributed by atoms with Crippen LogP contribution in [0.25, 0.3) is 5.69 Å². The highest BCUT2D eigenvalue weighted by Crippen LogP contribution is 2.33. The summed E-state index contributed by atoms with van der Waals surface area (Å²) in [4.78, 5) is 24.5. The van der Waals surface area contributed by atoms with Crippen molar-refractivity contribution in [1.82, 2.24) is 20.4 Å². The summed E-state index contributed by atoms with van der Waals surface area (Å²) in [7, 11) is 0. The molecule has 3 N–H and O–H groups in total. The Morgan fingerprint density at radius 2 is 2.00 bits per heavy atom. The van der Waals surface area contributed by atoms with Gasteiger partial charge in [0, 0.05) is 24.1 Å². The van der Waals surface area contributed by atoms with Crippen LogP contribution in [0.15, 0.2) is 42.7 Å². The van der Waals surface area contributed by atoms with E-state index in [4.69, 9.17) is 0 Å². The van der Waals surface area contributed by atoms with Gasteiger partial charge in [-0.15, -0.1) is 0 Å². The van der Waals surface area contributed by atoms with Crippen molar-refractivity contribution in [3.8, 4) is 5.69 Å². The standard InChI is InChI=1S/C20H25N5O2/c26-19(23-15-6-8-16(9-7-15)25-11-3-10-22-25)13-21-20(27)18-12-14-4-1-2-5-17(14)24-18/h3,6-11,14,17-18,24H,1-2,4-5,12-13H2,(H,21,27)(H,23,26). The largest absolute Gasteiger partial charge is 0.346 e. The van der Waals surface area contributed by atoms with Crippen LogP contribution in [-0.4, -0.2) is 40.2 Å². The quantitative estimate of drug-likeness (QED) is 0.753. The van der Waals surface area contributed by atoms with Crippen molar-refractivity contribution < 1.29 is 9.59 Å². The van der Waals surface area contributed by atoms with Crippen molar-refractivity contribution in [2.45, 2.75) is 44.2 Å². The van der Waals surface area contributed by atoms with Gasteiger partial charge in [-0.3, -0.25) is 9.59 Å². The number of aromatic nitrogens is 2. The number of benzene rings is 1. The maximum atomic E-state index is 12.4. The lowest BCUT2D eigenvalue weighted by atomic mass is 9.85.